The molecule has 6 rings (SSSR count). The molecule has 1 N–H and O–H groups in total. The summed E-state index contributed by atoms with van der Waals surface area (Å²) in [6.45, 7) is 9.75. The molecule has 1 aromatic rings. The van der Waals surface area contributed by atoms with Gasteiger partial charge in [0.1, 0.15) is 5.78 Å². The van der Waals surface area contributed by atoms with Crippen molar-refractivity contribution in [3.63, 3.8) is 0 Å². The summed E-state index contributed by atoms with van der Waals surface area (Å²) < 4.78 is 0. The van der Waals surface area contributed by atoms with Crippen molar-refractivity contribution in [2.75, 3.05) is 6.54 Å². The topological polar surface area (TPSA) is 74.7 Å². The maximum Gasteiger partial charge on any atom is 0.261 e. The van der Waals surface area contributed by atoms with Crippen molar-refractivity contribution in [3.05, 3.63) is 47.0 Å². The maximum atomic E-state index is 13.6. The highest BCUT2D eigenvalue weighted by Crippen LogP contribution is 2.66. The molecule has 1 unspecified atom stereocenters. The minimum atomic E-state index is -0.182. The van der Waals surface area contributed by atoms with Gasteiger partial charge in [-0.1, -0.05) is 57.9 Å². The van der Waals surface area contributed by atoms with E-state index in [9.17, 15) is 19.5 Å². The largest absolute Gasteiger partial charge is 0.393 e. The zero-order valence-electron chi connectivity index (χ0n) is 24.8. The number of fused-ring (bicyclic) bond motifs is 6. The second kappa shape index (κ2) is 10.2. The lowest BCUT2D eigenvalue weighted by atomic mass is 9.47. The molecule has 0 bridgehead atoms. The Morgan fingerprint density at radius 3 is 2.35 bits per heavy atom. The highest BCUT2D eigenvalue weighted by molar-refractivity contribution is 6.21. The number of benzene rings is 1. The highest BCUT2D eigenvalue weighted by Gasteiger charge is 2.61. The summed E-state index contributed by atoms with van der Waals surface area (Å²) in [5, 5.41) is 10.3. The van der Waals surface area contributed by atoms with Gasteiger partial charge < -0.3 is 5.11 Å². The van der Waals surface area contributed by atoms with Crippen molar-refractivity contribution in [2.45, 2.75) is 98.0 Å². The Morgan fingerprint density at radius 1 is 0.950 bits per heavy atom. The lowest BCUT2D eigenvalue weighted by molar-refractivity contribution is -0.124. The van der Waals surface area contributed by atoms with Gasteiger partial charge in [-0.2, -0.15) is 0 Å². The Hall–Kier alpha value is -2.27. The zero-order chi connectivity index (χ0) is 28.4. The number of ketones is 1. The number of carbonyl (C=O) groups excluding carboxylic acids is 3. The molecule has 5 nitrogen and oxygen atoms in total. The predicted octanol–water partition coefficient (Wildman–Crippen LogP) is 6.84. The Bertz CT molecular complexity index is 1200. The number of amides is 2. The second-order valence-electron chi connectivity index (χ2n) is 14.6. The number of aliphatic hydroxyl groups excluding tert-OH is 1. The van der Waals surface area contributed by atoms with E-state index in [1.165, 1.54) is 16.9 Å². The molecule has 0 radical (unpaired) electrons. The summed E-state index contributed by atoms with van der Waals surface area (Å²) in [6.07, 6.45) is 12.2. The Kier molecular flexibility index (Phi) is 7.12. The van der Waals surface area contributed by atoms with Crippen LogP contribution in [0.5, 0.6) is 0 Å². The zero-order valence-corrected chi connectivity index (χ0v) is 24.8. The Morgan fingerprint density at radius 2 is 1.65 bits per heavy atom. The summed E-state index contributed by atoms with van der Waals surface area (Å²) in [5.41, 5.74) is 2.81. The molecule has 9 atom stereocenters. The molecule has 0 aromatic heterocycles. The predicted molar refractivity (Wildman–Crippen MR) is 156 cm³/mol. The summed E-state index contributed by atoms with van der Waals surface area (Å²) in [4.78, 5) is 40.6. The van der Waals surface area contributed by atoms with Crippen LogP contribution in [-0.4, -0.2) is 40.3 Å². The number of carbonyl (C=O) groups is 3. The minimum absolute atomic E-state index is 0.0827. The van der Waals surface area contributed by atoms with E-state index in [1.54, 1.807) is 12.1 Å². The van der Waals surface area contributed by atoms with Gasteiger partial charge in [-0.25, -0.2) is 0 Å². The van der Waals surface area contributed by atoms with Crippen molar-refractivity contribution in [1.29, 1.82) is 0 Å². The third-order valence-electron chi connectivity index (χ3n) is 12.3. The molecule has 40 heavy (non-hydrogen) atoms. The van der Waals surface area contributed by atoms with E-state index in [2.05, 4.69) is 33.8 Å². The van der Waals surface area contributed by atoms with E-state index < -0.39 is 0 Å². The summed E-state index contributed by atoms with van der Waals surface area (Å²) in [5.74, 6) is 2.55. The average molecular weight is 546 g/mol. The molecule has 2 amide bonds. The van der Waals surface area contributed by atoms with Crippen LogP contribution in [0.15, 0.2) is 35.9 Å². The van der Waals surface area contributed by atoms with Crippen LogP contribution in [0, 0.1) is 46.3 Å². The fourth-order valence-electron chi connectivity index (χ4n) is 10.2. The van der Waals surface area contributed by atoms with Crippen molar-refractivity contribution >= 4 is 17.6 Å². The van der Waals surface area contributed by atoms with Crippen molar-refractivity contribution in [2.24, 2.45) is 46.3 Å². The Balaban J connectivity index is 1.07. The van der Waals surface area contributed by atoms with E-state index in [-0.39, 0.29) is 40.6 Å². The summed E-state index contributed by atoms with van der Waals surface area (Å²) >= 11 is 0. The van der Waals surface area contributed by atoms with Crippen LogP contribution in [0.4, 0.5) is 0 Å². The molecule has 1 heterocycles. The lowest BCUT2D eigenvalue weighted by Gasteiger charge is -2.58. The normalized spacial score (nSPS) is 38.3. The number of aliphatic hydroxyl groups is 1. The fourth-order valence-corrected chi connectivity index (χ4v) is 10.2. The van der Waals surface area contributed by atoms with Crippen LogP contribution in [0.1, 0.15) is 113 Å². The summed E-state index contributed by atoms with van der Waals surface area (Å²) in [6, 6.07) is 7.10. The van der Waals surface area contributed by atoms with Crippen LogP contribution >= 0.6 is 0 Å². The van der Waals surface area contributed by atoms with E-state index in [4.69, 9.17) is 0 Å². The molecule has 3 saturated carbocycles. The third kappa shape index (κ3) is 4.33. The van der Waals surface area contributed by atoms with E-state index in [0.29, 0.717) is 47.1 Å². The fraction of sp³-hybridized carbons (Fsp3) is 0.686. The van der Waals surface area contributed by atoms with Crippen molar-refractivity contribution in [3.8, 4) is 0 Å². The van der Waals surface area contributed by atoms with E-state index in [0.717, 1.165) is 57.8 Å². The van der Waals surface area contributed by atoms with Gasteiger partial charge >= 0.3 is 0 Å². The van der Waals surface area contributed by atoms with Gasteiger partial charge in [-0.05, 0) is 104 Å². The number of hydrogen-bond acceptors (Lipinski definition) is 4. The molecule has 5 aliphatic rings. The first-order valence-electron chi connectivity index (χ1n) is 15.9. The number of Topliss-reactive ketones (excluding diaryl/α,β-unsaturated/α-hetero) is 1. The molecule has 1 aromatic carbocycles. The molecule has 216 valence electrons. The van der Waals surface area contributed by atoms with E-state index in [1.807, 2.05) is 12.1 Å². The smallest absolute Gasteiger partial charge is 0.261 e. The SMILES string of the molecule is C[C@H](CCC[C@@H](C)[C@H]1C(=O)C[C@H]2[C@@H]3CC=C4CC(O)CC[C@]4(C)[C@H]3CC[C@]12C)CN1C(=O)c2ccccc2C1=O. The van der Waals surface area contributed by atoms with Crippen LogP contribution in [0.25, 0.3) is 0 Å². The molecule has 5 heteroatoms. The first kappa shape index (κ1) is 27.9. The van der Waals surface area contributed by atoms with Gasteiger partial charge in [-0.3, -0.25) is 19.3 Å². The first-order valence-corrected chi connectivity index (χ1v) is 15.9. The summed E-state index contributed by atoms with van der Waals surface area (Å²) in [7, 11) is 0. The molecule has 4 aliphatic carbocycles. The first-order chi connectivity index (χ1) is 19.0. The lowest BCUT2D eigenvalue weighted by Crippen LogP contribution is -2.51. The molecular formula is C35H47NO4. The standard InChI is InChI=1S/C35H47NO4/c1-21(20-36-32(39)25-10-5-6-11-26(25)33(36)40)8-7-9-22(2)31-30(38)19-29-27-13-12-23-18-24(37)14-16-34(23,3)28(27)15-17-35(29,31)4/h5-6,10-12,21-22,24,27-29,31,37H,7-9,13-20H2,1-4H3/t21-,22-,24?,27-,28+,29+,31+,34+,35+/m1/s1. The number of rotatable bonds is 7. The van der Waals surface area contributed by atoms with E-state index >= 15 is 0 Å². The quantitative estimate of drug-likeness (QED) is 0.301. The minimum Gasteiger partial charge on any atom is -0.393 e. The van der Waals surface area contributed by atoms with Gasteiger partial charge in [-0.15, -0.1) is 0 Å². The molecular weight excluding hydrogens is 498 g/mol. The molecule has 0 saturated heterocycles. The third-order valence-corrected chi connectivity index (χ3v) is 12.3. The van der Waals surface area contributed by atoms with Crippen LogP contribution < -0.4 is 0 Å². The van der Waals surface area contributed by atoms with Gasteiger partial charge in [0.05, 0.1) is 17.2 Å². The number of nitrogens with zero attached hydrogens (tertiary/aromatic N) is 1. The van der Waals surface area contributed by atoms with Gasteiger partial charge in [0, 0.05) is 18.9 Å². The number of allylic oxidation sites excluding steroid dienone is 1. The number of hydrogen-bond donors (Lipinski definition) is 1. The number of imide groups is 1. The maximum absolute atomic E-state index is 13.6. The van der Waals surface area contributed by atoms with Gasteiger partial charge in [0.15, 0.2) is 0 Å². The molecule has 0 spiro atoms. The van der Waals surface area contributed by atoms with Crippen LogP contribution in [0.2, 0.25) is 0 Å². The van der Waals surface area contributed by atoms with Crippen LogP contribution in [-0.2, 0) is 4.79 Å². The Labute approximate surface area is 239 Å². The van der Waals surface area contributed by atoms with Crippen LogP contribution in [0.3, 0.4) is 0 Å². The highest BCUT2D eigenvalue weighted by atomic mass is 16.3. The van der Waals surface area contributed by atoms with Crippen molar-refractivity contribution in [1.82, 2.24) is 4.90 Å². The van der Waals surface area contributed by atoms with Gasteiger partial charge in [0.25, 0.3) is 11.8 Å². The van der Waals surface area contributed by atoms with Crippen molar-refractivity contribution < 1.29 is 19.5 Å². The van der Waals surface area contributed by atoms with Gasteiger partial charge in [0.2, 0.25) is 0 Å². The molecule has 1 aliphatic heterocycles. The second-order valence-corrected chi connectivity index (χ2v) is 14.6. The average Bonchev–Trinajstić information content (AvgIpc) is 3.33. The molecule has 3 fully saturated rings. The monoisotopic (exact) mass is 545 g/mol.